The van der Waals surface area contributed by atoms with Crippen LogP contribution in [0.3, 0.4) is 0 Å². The molecule has 5 nitrogen and oxygen atoms in total. The Morgan fingerprint density at radius 1 is 1.33 bits per heavy atom. The highest BCUT2D eigenvalue weighted by atomic mass is 32.2. The number of ether oxygens (including phenoxy) is 1. The first-order chi connectivity index (χ1) is 10.1. The monoisotopic (exact) mass is 306 g/mol. The molecule has 0 saturated heterocycles. The van der Waals surface area contributed by atoms with Crippen LogP contribution in [0.5, 0.6) is 0 Å². The SMILES string of the molecule is CCOC(=O)C1(CNC(=O)c2ccccc2)NC(C)=CS1. The molecule has 0 aliphatic carbocycles. The zero-order valence-electron chi connectivity index (χ0n) is 12.0. The molecule has 1 unspecified atom stereocenters. The van der Waals surface area contributed by atoms with E-state index in [1.54, 1.807) is 31.2 Å². The molecule has 0 saturated carbocycles. The van der Waals surface area contributed by atoms with Gasteiger partial charge in [0.15, 0.2) is 0 Å². The van der Waals surface area contributed by atoms with E-state index in [1.807, 2.05) is 18.4 Å². The van der Waals surface area contributed by atoms with Crippen molar-refractivity contribution >= 4 is 23.6 Å². The molecule has 1 heterocycles. The summed E-state index contributed by atoms with van der Waals surface area (Å²) in [5, 5.41) is 7.73. The lowest BCUT2D eigenvalue weighted by Crippen LogP contribution is -2.54. The van der Waals surface area contributed by atoms with Crippen molar-refractivity contribution in [2.24, 2.45) is 0 Å². The number of allylic oxidation sites excluding steroid dienone is 1. The Balaban J connectivity index is 2.04. The molecule has 1 atom stereocenters. The summed E-state index contributed by atoms with van der Waals surface area (Å²) in [4.78, 5) is 23.3. The van der Waals surface area contributed by atoms with Gasteiger partial charge >= 0.3 is 5.97 Å². The first kappa shape index (κ1) is 15.4. The van der Waals surface area contributed by atoms with E-state index in [-0.39, 0.29) is 18.4 Å². The fraction of sp³-hybridized carbons (Fsp3) is 0.333. The minimum Gasteiger partial charge on any atom is -0.464 e. The van der Waals surface area contributed by atoms with Gasteiger partial charge in [0.2, 0.25) is 4.87 Å². The maximum atomic E-state index is 12.2. The molecule has 1 aliphatic rings. The Morgan fingerprint density at radius 2 is 2.05 bits per heavy atom. The molecular weight excluding hydrogens is 288 g/mol. The van der Waals surface area contributed by atoms with Gasteiger partial charge in [-0.2, -0.15) is 0 Å². The zero-order chi connectivity index (χ0) is 15.3. The molecule has 0 fully saturated rings. The largest absolute Gasteiger partial charge is 0.464 e. The predicted octanol–water partition coefficient (Wildman–Crippen LogP) is 1.87. The Hall–Kier alpha value is -1.95. The lowest BCUT2D eigenvalue weighted by Gasteiger charge is -2.27. The minimum atomic E-state index is -0.982. The Morgan fingerprint density at radius 3 is 2.62 bits per heavy atom. The molecule has 1 aromatic carbocycles. The summed E-state index contributed by atoms with van der Waals surface area (Å²) in [6, 6.07) is 8.89. The summed E-state index contributed by atoms with van der Waals surface area (Å²) in [6.45, 7) is 4.08. The van der Waals surface area contributed by atoms with Crippen LogP contribution in [0.25, 0.3) is 0 Å². The predicted molar refractivity (Wildman–Crippen MR) is 82.6 cm³/mol. The summed E-state index contributed by atoms with van der Waals surface area (Å²) < 4.78 is 5.11. The second-order valence-electron chi connectivity index (χ2n) is 4.64. The van der Waals surface area contributed by atoms with Gasteiger partial charge in [-0.25, -0.2) is 4.79 Å². The number of esters is 1. The van der Waals surface area contributed by atoms with Gasteiger partial charge < -0.3 is 15.4 Å². The fourth-order valence-corrected chi connectivity index (χ4v) is 2.94. The zero-order valence-corrected chi connectivity index (χ0v) is 12.8. The van der Waals surface area contributed by atoms with Crippen LogP contribution in [-0.4, -0.2) is 29.9 Å². The summed E-state index contributed by atoms with van der Waals surface area (Å²) in [5.74, 6) is -0.595. The number of rotatable bonds is 5. The standard InChI is InChI=1S/C15H18N2O3S/c1-3-20-14(19)15(17-11(2)9-21-15)10-16-13(18)12-7-5-4-6-8-12/h4-9,17H,3,10H2,1-2H3,(H,16,18). The number of benzene rings is 1. The maximum absolute atomic E-state index is 12.2. The van der Waals surface area contributed by atoms with Gasteiger partial charge in [-0.1, -0.05) is 30.0 Å². The first-order valence-electron chi connectivity index (χ1n) is 6.70. The third-order valence-corrected chi connectivity index (χ3v) is 4.26. The van der Waals surface area contributed by atoms with Crippen molar-refractivity contribution in [3.8, 4) is 0 Å². The maximum Gasteiger partial charge on any atom is 0.344 e. The van der Waals surface area contributed by atoms with Gasteiger partial charge in [0.25, 0.3) is 5.91 Å². The Bertz CT molecular complexity index is 559. The van der Waals surface area contributed by atoms with Crippen molar-refractivity contribution in [2.45, 2.75) is 18.7 Å². The highest BCUT2D eigenvalue weighted by Crippen LogP contribution is 2.32. The second kappa shape index (κ2) is 6.67. The van der Waals surface area contributed by atoms with Crippen LogP contribution in [-0.2, 0) is 9.53 Å². The van der Waals surface area contributed by atoms with Crippen LogP contribution in [0.15, 0.2) is 41.4 Å². The normalized spacial score (nSPS) is 20.4. The third-order valence-electron chi connectivity index (χ3n) is 2.98. The van der Waals surface area contributed by atoms with Gasteiger partial charge in [-0.3, -0.25) is 4.79 Å². The molecule has 21 heavy (non-hydrogen) atoms. The van der Waals surface area contributed by atoms with Crippen LogP contribution in [0, 0.1) is 0 Å². The third kappa shape index (κ3) is 3.58. The van der Waals surface area contributed by atoms with Crippen molar-refractivity contribution in [1.82, 2.24) is 10.6 Å². The number of carbonyl (C=O) groups is 2. The average Bonchev–Trinajstić information content (AvgIpc) is 2.89. The van der Waals surface area contributed by atoms with E-state index in [1.165, 1.54) is 11.8 Å². The van der Waals surface area contributed by atoms with Crippen molar-refractivity contribution in [1.29, 1.82) is 0 Å². The van der Waals surface area contributed by atoms with E-state index in [0.717, 1.165) is 5.70 Å². The molecule has 112 valence electrons. The van der Waals surface area contributed by atoms with Gasteiger partial charge in [0, 0.05) is 11.3 Å². The Kier molecular flexibility index (Phi) is 4.90. The van der Waals surface area contributed by atoms with Gasteiger partial charge in [-0.15, -0.1) is 0 Å². The fourth-order valence-electron chi connectivity index (χ4n) is 1.97. The molecule has 6 heteroatoms. The smallest absolute Gasteiger partial charge is 0.344 e. The van der Waals surface area contributed by atoms with E-state index in [4.69, 9.17) is 4.74 Å². The molecule has 1 aliphatic heterocycles. The van der Waals surface area contributed by atoms with Crippen molar-refractivity contribution in [3.05, 3.63) is 47.0 Å². The highest BCUT2D eigenvalue weighted by Gasteiger charge is 2.43. The molecule has 0 bridgehead atoms. The van der Waals surface area contributed by atoms with Crippen LogP contribution < -0.4 is 10.6 Å². The molecule has 2 N–H and O–H groups in total. The van der Waals surface area contributed by atoms with Gasteiger partial charge in [-0.05, 0) is 31.4 Å². The Labute approximate surface area is 128 Å². The molecule has 1 aromatic rings. The molecule has 2 rings (SSSR count). The summed E-state index contributed by atoms with van der Waals surface area (Å²) in [6.07, 6.45) is 0. The second-order valence-corrected chi connectivity index (χ2v) is 5.81. The summed E-state index contributed by atoms with van der Waals surface area (Å²) in [5.41, 5.74) is 1.44. The van der Waals surface area contributed by atoms with E-state index in [0.29, 0.717) is 12.2 Å². The molecular formula is C15H18N2O3S. The topological polar surface area (TPSA) is 67.4 Å². The average molecular weight is 306 g/mol. The van der Waals surface area contributed by atoms with Crippen LogP contribution in [0.2, 0.25) is 0 Å². The number of thioether (sulfide) groups is 1. The molecule has 0 aromatic heterocycles. The first-order valence-corrected chi connectivity index (χ1v) is 7.58. The number of hydrogen-bond acceptors (Lipinski definition) is 5. The van der Waals surface area contributed by atoms with Crippen molar-refractivity contribution < 1.29 is 14.3 Å². The highest BCUT2D eigenvalue weighted by molar-refractivity contribution is 8.04. The van der Waals surface area contributed by atoms with Crippen LogP contribution in [0.4, 0.5) is 0 Å². The van der Waals surface area contributed by atoms with Crippen LogP contribution >= 0.6 is 11.8 Å². The number of carbonyl (C=O) groups excluding carboxylic acids is 2. The van der Waals surface area contributed by atoms with Crippen molar-refractivity contribution in [2.75, 3.05) is 13.2 Å². The van der Waals surface area contributed by atoms with Crippen LogP contribution in [0.1, 0.15) is 24.2 Å². The van der Waals surface area contributed by atoms with E-state index in [9.17, 15) is 9.59 Å². The summed E-state index contributed by atoms with van der Waals surface area (Å²) in [7, 11) is 0. The lowest BCUT2D eigenvalue weighted by molar-refractivity contribution is -0.146. The lowest BCUT2D eigenvalue weighted by atomic mass is 10.2. The molecule has 1 amide bonds. The van der Waals surface area contributed by atoms with Gasteiger partial charge in [0.1, 0.15) is 0 Å². The summed E-state index contributed by atoms with van der Waals surface area (Å²) >= 11 is 1.32. The van der Waals surface area contributed by atoms with E-state index in [2.05, 4.69) is 10.6 Å². The number of hydrogen-bond donors (Lipinski definition) is 2. The van der Waals surface area contributed by atoms with E-state index < -0.39 is 4.87 Å². The molecule has 0 radical (unpaired) electrons. The quantitative estimate of drug-likeness (QED) is 0.813. The van der Waals surface area contributed by atoms with E-state index >= 15 is 0 Å². The molecule has 0 spiro atoms. The number of nitrogens with one attached hydrogen (secondary N) is 2. The minimum absolute atomic E-state index is 0.151. The number of amides is 1. The van der Waals surface area contributed by atoms with Gasteiger partial charge in [0.05, 0.1) is 13.2 Å². The van der Waals surface area contributed by atoms with Crippen molar-refractivity contribution in [3.63, 3.8) is 0 Å².